The molecular formula is C30H30ClN7O5. The number of para-hydroxylation sites is 1. The molecule has 0 aliphatic carbocycles. The lowest BCUT2D eigenvalue weighted by atomic mass is 10.0. The fourth-order valence-electron chi connectivity index (χ4n) is 4.09. The van der Waals surface area contributed by atoms with Crippen molar-refractivity contribution in [2.45, 2.75) is 45.3 Å². The van der Waals surface area contributed by atoms with Gasteiger partial charge in [0.25, 0.3) is 0 Å². The van der Waals surface area contributed by atoms with Gasteiger partial charge in [0.1, 0.15) is 18.0 Å². The zero-order valence-electron chi connectivity index (χ0n) is 23.7. The van der Waals surface area contributed by atoms with Crippen molar-refractivity contribution in [3.05, 3.63) is 95.3 Å². The number of nitrogens with zero attached hydrogens (tertiary/aromatic N) is 4. The molecular weight excluding hydrogens is 574 g/mol. The zero-order valence-corrected chi connectivity index (χ0v) is 24.5. The van der Waals surface area contributed by atoms with Crippen molar-refractivity contribution < 1.29 is 23.9 Å². The van der Waals surface area contributed by atoms with Crippen LogP contribution in [-0.2, 0) is 36.8 Å². The molecule has 0 saturated heterocycles. The molecule has 1 unspecified atom stereocenters. The van der Waals surface area contributed by atoms with Crippen molar-refractivity contribution >= 4 is 46.7 Å². The number of anilines is 2. The highest BCUT2D eigenvalue weighted by Crippen LogP contribution is 2.24. The van der Waals surface area contributed by atoms with E-state index in [2.05, 4.69) is 31.5 Å². The Balaban J connectivity index is 1.52. The molecule has 43 heavy (non-hydrogen) atoms. The largest absolute Gasteiger partial charge is 0.460 e. The maximum Gasteiger partial charge on any atom is 0.313 e. The number of carbonyl (C=O) groups is 4. The van der Waals surface area contributed by atoms with E-state index in [-0.39, 0.29) is 18.5 Å². The van der Waals surface area contributed by atoms with Crippen LogP contribution in [0, 0.1) is 0 Å². The summed E-state index contributed by atoms with van der Waals surface area (Å²) in [5, 5.41) is 19.1. The van der Waals surface area contributed by atoms with Gasteiger partial charge in [0.15, 0.2) is 0 Å². The highest BCUT2D eigenvalue weighted by atomic mass is 35.5. The molecule has 0 radical (unpaired) electrons. The number of esters is 1. The standard InChI is InChI=1S/C30H30ClN7O5/c1-30(2,3)43-26(39)16-20-11-7-8-12-22(20)33-27(40)24(15-19-9-5-4-6-10-19)35-29(42)28(41)34-23-17-21(31)13-14-25(23)38-18-32-36-37-38/h4-14,17-18,24H,15-16H2,1-3H3,(H,33,40)(H,34,41)(H,35,42). The van der Waals surface area contributed by atoms with Crippen LogP contribution < -0.4 is 16.0 Å². The maximum absolute atomic E-state index is 13.5. The Morgan fingerprint density at radius 1 is 0.907 bits per heavy atom. The summed E-state index contributed by atoms with van der Waals surface area (Å²) in [5.74, 6) is -3.13. The van der Waals surface area contributed by atoms with Gasteiger partial charge >= 0.3 is 17.8 Å². The number of hydrogen-bond donors (Lipinski definition) is 3. The Morgan fingerprint density at radius 3 is 2.33 bits per heavy atom. The molecule has 4 rings (SSSR count). The van der Waals surface area contributed by atoms with Crippen molar-refractivity contribution in [1.29, 1.82) is 0 Å². The minimum absolute atomic E-state index is 0.0743. The van der Waals surface area contributed by atoms with E-state index in [1.165, 1.54) is 17.1 Å². The molecule has 222 valence electrons. The first-order valence-corrected chi connectivity index (χ1v) is 13.7. The third-order valence-corrected chi connectivity index (χ3v) is 6.18. The summed E-state index contributed by atoms with van der Waals surface area (Å²) in [6.45, 7) is 5.31. The normalized spacial score (nSPS) is 11.7. The summed E-state index contributed by atoms with van der Waals surface area (Å²) in [7, 11) is 0. The van der Waals surface area contributed by atoms with E-state index in [4.69, 9.17) is 16.3 Å². The van der Waals surface area contributed by atoms with Gasteiger partial charge in [0.2, 0.25) is 5.91 Å². The van der Waals surface area contributed by atoms with Crippen molar-refractivity contribution in [1.82, 2.24) is 25.5 Å². The van der Waals surface area contributed by atoms with Crippen LogP contribution in [0.2, 0.25) is 5.02 Å². The number of halogens is 1. The van der Waals surface area contributed by atoms with Crippen LogP contribution in [0.25, 0.3) is 5.69 Å². The van der Waals surface area contributed by atoms with E-state index >= 15 is 0 Å². The first kappa shape index (κ1) is 30.8. The number of carbonyl (C=O) groups excluding carboxylic acids is 4. The number of rotatable bonds is 9. The first-order valence-electron chi connectivity index (χ1n) is 13.3. The minimum Gasteiger partial charge on any atom is -0.460 e. The van der Waals surface area contributed by atoms with Crippen molar-refractivity contribution in [2.75, 3.05) is 10.6 Å². The molecule has 0 bridgehead atoms. The fraction of sp³-hybridized carbons (Fsp3) is 0.233. The second kappa shape index (κ2) is 13.7. The Morgan fingerprint density at radius 2 is 1.63 bits per heavy atom. The van der Waals surface area contributed by atoms with Gasteiger partial charge < -0.3 is 20.7 Å². The molecule has 0 fully saturated rings. The van der Waals surface area contributed by atoms with Crippen LogP contribution in [-0.4, -0.2) is 55.5 Å². The SMILES string of the molecule is CC(C)(C)OC(=O)Cc1ccccc1NC(=O)C(Cc1ccccc1)NC(=O)C(=O)Nc1cc(Cl)ccc1-n1cnnn1. The van der Waals surface area contributed by atoms with Gasteiger partial charge in [-0.05, 0) is 66.6 Å². The molecule has 1 atom stereocenters. The van der Waals surface area contributed by atoms with Gasteiger partial charge in [-0.3, -0.25) is 19.2 Å². The number of amides is 3. The average Bonchev–Trinajstić information content (AvgIpc) is 3.48. The molecule has 3 aromatic carbocycles. The first-order chi connectivity index (χ1) is 20.5. The quantitative estimate of drug-likeness (QED) is 0.194. The van der Waals surface area contributed by atoms with Gasteiger partial charge in [0.05, 0.1) is 17.8 Å². The van der Waals surface area contributed by atoms with E-state index in [1.54, 1.807) is 81.4 Å². The number of nitrogens with one attached hydrogen (secondary N) is 3. The van der Waals surface area contributed by atoms with Crippen LogP contribution in [0.1, 0.15) is 31.9 Å². The summed E-state index contributed by atoms with van der Waals surface area (Å²) in [6.07, 6.45) is 1.34. The summed E-state index contributed by atoms with van der Waals surface area (Å²) in [4.78, 5) is 52.1. The van der Waals surface area contributed by atoms with Gasteiger partial charge in [-0.2, -0.15) is 4.68 Å². The summed E-state index contributed by atoms with van der Waals surface area (Å²) in [6, 6.07) is 19.3. The highest BCUT2D eigenvalue weighted by molar-refractivity contribution is 6.40. The number of aromatic nitrogens is 4. The Labute approximate surface area is 252 Å². The number of tetrazole rings is 1. The van der Waals surface area contributed by atoms with Gasteiger partial charge in [-0.1, -0.05) is 60.1 Å². The molecule has 1 aromatic heterocycles. The molecule has 0 aliphatic rings. The van der Waals surface area contributed by atoms with Gasteiger partial charge in [0, 0.05) is 17.1 Å². The average molecular weight is 604 g/mol. The second-order valence-corrected chi connectivity index (χ2v) is 10.9. The van der Waals surface area contributed by atoms with Crippen LogP contribution >= 0.6 is 11.6 Å². The predicted octanol–water partition coefficient (Wildman–Crippen LogP) is 3.50. The van der Waals surface area contributed by atoms with E-state index in [0.29, 0.717) is 22.0 Å². The Bertz CT molecular complexity index is 1600. The molecule has 4 aromatic rings. The number of benzene rings is 3. The topological polar surface area (TPSA) is 157 Å². The van der Waals surface area contributed by atoms with Crippen LogP contribution in [0.5, 0.6) is 0 Å². The number of ether oxygens (including phenoxy) is 1. The lowest BCUT2D eigenvalue weighted by Crippen LogP contribution is -2.49. The molecule has 3 amide bonds. The minimum atomic E-state index is -1.14. The van der Waals surface area contributed by atoms with Crippen molar-refractivity contribution in [2.24, 2.45) is 0 Å². The van der Waals surface area contributed by atoms with E-state index < -0.39 is 35.3 Å². The lowest BCUT2D eigenvalue weighted by Gasteiger charge is -2.21. The number of hydrogen-bond acceptors (Lipinski definition) is 8. The van der Waals surface area contributed by atoms with Gasteiger partial charge in [-0.15, -0.1) is 5.10 Å². The summed E-state index contributed by atoms with van der Waals surface area (Å²) >= 11 is 6.12. The van der Waals surface area contributed by atoms with Crippen molar-refractivity contribution in [3.8, 4) is 5.69 Å². The zero-order chi connectivity index (χ0) is 31.0. The highest BCUT2D eigenvalue weighted by Gasteiger charge is 2.27. The molecule has 3 N–H and O–H groups in total. The molecule has 0 saturated carbocycles. The molecule has 0 spiro atoms. The van der Waals surface area contributed by atoms with Crippen LogP contribution in [0.3, 0.4) is 0 Å². The molecule has 12 nitrogen and oxygen atoms in total. The maximum atomic E-state index is 13.5. The van der Waals surface area contributed by atoms with Crippen molar-refractivity contribution in [3.63, 3.8) is 0 Å². The second-order valence-electron chi connectivity index (χ2n) is 10.5. The van der Waals surface area contributed by atoms with E-state index in [0.717, 1.165) is 5.56 Å². The summed E-state index contributed by atoms with van der Waals surface area (Å²) < 4.78 is 6.72. The molecule has 13 heteroatoms. The van der Waals surface area contributed by atoms with E-state index in [1.807, 2.05) is 6.07 Å². The molecule has 1 heterocycles. The fourth-order valence-corrected chi connectivity index (χ4v) is 4.26. The summed E-state index contributed by atoms with van der Waals surface area (Å²) in [5.41, 5.74) is 1.54. The third-order valence-electron chi connectivity index (χ3n) is 5.94. The smallest absolute Gasteiger partial charge is 0.313 e. The van der Waals surface area contributed by atoms with Crippen LogP contribution in [0.4, 0.5) is 11.4 Å². The van der Waals surface area contributed by atoms with Crippen LogP contribution in [0.15, 0.2) is 79.1 Å². The van der Waals surface area contributed by atoms with Gasteiger partial charge in [-0.25, -0.2) is 0 Å². The Hall–Kier alpha value is -5.10. The van der Waals surface area contributed by atoms with E-state index in [9.17, 15) is 19.2 Å². The molecule has 0 aliphatic heterocycles. The lowest BCUT2D eigenvalue weighted by molar-refractivity contribution is -0.153. The Kier molecular flexibility index (Phi) is 9.83. The predicted molar refractivity (Wildman–Crippen MR) is 159 cm³/mol. The third kappa shape index (κ3) is 8.94. The monoisotopic (exact) mass is 603 g/mol.